The molecule has 5 amide bonds. The monoisotopic (exact) mass is 595 g/mol. The van der Waals surface area contributed by atoms with E-state index in [4.69, 9.17) is 14.2 Å². The second-order valence-electron chi connectivity index (χ2n) is 11.6. The molecule has 1 saturated carbocycles. The molecule has 12 heteroatoms. The van der Waals surface area contributed by atoms with Crippen molar-refractivity contribution in [3.63, 3.8) is 0 Å². The fraction of sp³-hybridized carbons (Fsp3) is 0.516. The van der Waals surface area contributed by atoms with Gasteiger partial charge in [-0.3, -0.25) is 4.79 Å². The van der Waals surface area contributed by atoms with Gasteiger partial charge in [-0.2, -0.15) is 0 Å². The van der Waals surface area contributed by atoms with Gasteiger partial charge in [0.25, 0.3) is 5.91 Å². The number of nitrogens with one attached hydrogen (secondary N) is 3. The topological polar surface area (TPSA) is 142 Å². The van der Waals surface area contributed by atoms with E-state index in [9.17, 15) is 19.5 Å². The molecule has 5 rings (SSSR count). The molecule has 3 atom stereocenters. The van der Waals surface area contributed by atoms with Crippen LogP contribution in [0.15, 0.2) is 36.4 Å². The van der Waals surface area contributed by atoms with E-state index < -0.39 is 18.2 Å². The largest absolute Gasteiger partial charge is 0.487 e. The first-order valence-electron chi connectivity index (χ1n) is 14.9. The van der Waals surface area contributed by atoms with Crippen LogP contribution in [0, 0.1) is 5.92 Å². The van der Waals surface area contributed by atoms with Crippen molar-refractivity contribution in [1.29, 1.82) is 0 Å². The minimum atomic E-state index is -0.504. The first kappa shape index (κ1) is 30.3. The average molecular weight is 596 g/mol. The molecular formula is C31H41N5O7. The second-order valence-corrected chi connectivity index (χ2v) is 11.6. The number of amides is 5. The number of nitrogens with zero attached hydrogens (tertiary/aromatic N) is 2. The number of fused-ring (bicyclic) bond motifs is 2. The van der Waals surface area contributed by atoms with Gasteiger partial charge in [0.1, 0.15) is 11.9 Å². The van der Waals surface area contributed by atoms with Gasteiger partial charge in [-0.25, -0.2) is 9.59 Å². The Bertz CT molecular complexity index is 1330. The van der Waals surface area contributed by atoms with E-state index in [0.717, 1.165) is 25.7 Å². The van der Waals surface area contributed by atoms with Crippen LogP contribution in [0.2, 0.25) is 0 Å². The molecule has 0 saturated heterocycles. The minimum absolute atomic E-state index is 0.131. The highest BCUT2D eigenvalue weighted by molar-refractivity contribution is 6.02. The Kier molecular flexibility index (Phi) is 9.44. The van der Waals surface area contributed by atoms with E-state index in [1.165, 1.54) is 6.42 Å². The third-order valence-corrected chi connectivity index (χ3v) is 8.29. The highest BCUT2D eigenvalue weighted by atomic mass is 16.7. The molecule has 0 bridgehead atoms. The van der Waals surface area contributed by atoms with Crippen molar-refractivity contribution in [3.05, 3.63) is 42.0 Å². The van der Waals surface area contributed by atoms with E-state index in [0.29, 0.717) is 41.7 Å². The smallest absolute Gasteiger partial charge is 0.323 e. The molecule has 1 aliphatic carbocycles. The fourth-order valence-electron chi connectivity index (χ4n) is 5.67. The predicted octanol–water partition coefficient (Wildman–Crippen LogP) is 4.25. The van der Waals surface area contributed by atoms with Crippen molar-refractivity contribution in [3.8, 4) is 17.2 Å². The van der Waals surface area contributed by atoms with Crippen LogP contribution in [0.3, 0.4) is 0 Å². The summed E-state index contributed by atoms with van der Waals surface area (Å²) in [5, 5.41) is 18.6. The van der Waals surface area contributed by atoms with Gasteiger partial charge in [0.2, 0.25) is 6.79 Å². The summed E-state index contributed by atoms with van der Waals surface area (Å²) in [4.78, 5) is 42.8. The number of hydrogen-bond acceptors (Lipinski definition) is 7. The third-order valence-electron chi connectivity index (χ3n) is 8.29. The molecule has 0 aromatic heterocycles. The van der Waals surface area contributed by atoms with Gasteiger partial charge in [0.15, 0.2) is 11.5 Å². The van der Waals surface area contributed by atoms with Gasteiger partial charge in [-0.05, 0) is 50.1 Å². The lowest BCUT2D eigenvalue weighted by Gasteiger charge is -2.38. The summed E-state index contributed by atoms with van der Waals surface area (Å²) >= 11 is 0. The minimum Gasteiger partial charge on any atom is -0.487 e. The molecule has 2 aliphatic heterocycles. The molecule has 2 aromatic carbocycles. The van der Waals surface area contributed by atoms with Crippen molar-refractivity contribution < 1.29 is 33.7 Å². The van der Waals surface area contributed by atoms with Crippen molar-refractivity contribution >= 4 is 29.3 Å². The van der Waals surface area contributed by atoms with E-state index in [2.05, 4.69) is 16.0 Å². The average Bonchev–Trinajstić information content (AvgIpc) is 3.47. The predicted molar refractivity (Wildman–Crippen MR) is 161 cm³/mol. The Labute approximate surface area is 251 Å². The molecule has 2 heterocycles. The number of benzene rings is 2. The van der Waals surface area contributed by atoms with Crippen LogP contribution in [-0.2, 0) is 0 Å². The summed E-state index contributed by atoms with van der Waals surface area (Å²) < 4.78 is 17.1. The Balaban J connectivity index is 1.32. The van der Waals surface area contributed by atoms with Gasteiger partial charge in [0, 0.05) is 43.0 Å². The van der Waals surface area contributed by atoms with E-state index >= 15 is 0 Å². The maximum Gasteiger partial charge on any atom is 0.323 e. The quantitative estimate of drug-likeness (QED) is 0.375. The Morgan fingerprint density at radius 1 is 1.02 bits per heavy atom. The van der Waals surface area contributed by atoms with Gasteiger partial charge < -0.3 is 45.1 Å². The number of likely N-dealkylation sites (N-methyl/N-ethyl adjacent to an activating group) is 1. The molecule has 0 radical (unpaired) electrons. The number of hydrogen-bond donors (Lipinski definition) is 4. The summed E-state index contributed by atoms with van der Waals surface area (Å²) in [6, 6.07) is 9.06. The van der Waals surface area contributed by atoms with Crippen LogP contribution in [0.1, 0.15) is 56.3 Å². The molecule has 1 fully saturated rings. The summed E-state index contributed by atoms with van der Waals surface area (Å²) in [6.45, 7) is 4.32. The van der Waals surface area contributed by atoms with Crippen LogP contribution in [0.5, 0.6) is 17.2 Å². The summed E-state index contributed by atoms with van der Waals surface area (Å²) in [6.07, 6.45) is 5.01. The van der Waals surface area contributed by atoms with Crippen LogP contribution >= 0.6 is 0 Å². The lowest BCUT2D eigenvalue weighted by Crippen LogP contribution is -2.52. The molecule has 43 heavy (non-hydrogen) atoms. The number of ether oxygens (including phenoxy) is 3. The summed E-state index contributed by atoms with van der Waals surface area (Å²) in [5.41, 5.74) is 1.16. The normalized spacial score (nSPS) is 20.7. The Morgan fingerprint density at radius 2 is 1.70 bits per heavy atom. The maximum atomic E-state index is 13.7. The molecule has 2 aromatic rings. The zero-order chi connectivity index (χ0) is 30.5. The zero-order valence-corrected chi connectivity index (χ0v) is 24.9. The van der Waals surface area contributed by atoms with E-state index in [1.807, 2.05) is 6.92 Å². The molecule has 4 N–H and O–H groups in total. The molecule has 12 nitrogen and oxygen atoms in total. The van der Waals surface area contributed by atoms with Crippen molar-refractivity contribution in [1.82, 2.24) is 15.1 Å². The lowest BCUT2D eigenvalue weighted by molar-refractivity contribution is 0.0366. The third kappa shape index (κ3) is 7.24. The fourth-order valence-corrected chi connectivity index (χ4v) is 5.67. The number of carbonyl (C=O) groups is 3. The standard InChI is InChI=1S/C31H41N5O7/c1-19-15-36(20(2)17-37)29(38)24-13-22(32-30(39)33-23-10-12-26-27(14-23)42-18-41-26)9-11-25(24)43-28(19)16-35(3)31(40)34-21-7-5-4-6-8-21/h9-14,19-21,28,37H,4-8,15-18H2,1-3H3,(H,34,40)(H2,32,33,39)/t19-,20-,28-/m1/s1. The van der Waals surface area contributed by atoms with Crippen LogP contribution in [0.25, 0.3) is 0 Å². The van der Waals surface area contributed by atoms with Gasteiger partial charge >= 0.3 is 12.1 Å². The SMILES string of the molecule is C[C@@H]1CN([C@H](C)CO)C(=O)c2cc(NC(=O)Nc3ccc4c(c3)OCO4)ccc2O[C@@H]1CN(C)C(=O)NC1CCCCC1. The number of aliphatic hydroxyl groups excluding tert-OH is 1. The molecule has 0 unspecified atom stereocenters. The number of anilines is 2. The number of aliphatic hydroxyl groups is 1. The number of urea groups is 2. The van der Waals surface area contributed by atoms with Crippen LogP contribution in [0.4, 0.5) is 21.0 Å². The van der Waals surface area contributed by atoms with Gasteiger partial charge in [-0.15, -0.1) is 0 Å². The van der Waals surface area contributed by atoms with Crippen molar-refractivity contribution in [2.45, 2.75) is 64.1 Å². The van der Waals surface area contributed by atoms with Crippen molar-refractivity contribution in [2.24, 2.45) is 5.92 Å². The molecule has 0 spiro atoms. The first-order chi connectivity index (χ1) is 20.7. The lowest BCUT2D eigenvalue weighted by atomic mass is 9.96. The maximum absolute atomic E-state index is 13.7. The number of carbonyl (C=O) groups excluding carboxylic acids is 3. The van der Waals surface area contributed by atoms with Crippen LogP contribution < -0.4 is 30.2 Å². The Hall–Kier alpha value is -4.19. The molecular weight excluding hydrogens is 554 g/mol. The molecule has 232 valence electrons. The van der Waals surface area contributed by atoms with Crippen LogP contribution in [-0.4, -0.2) is 84.6 Å². The van der Waals surface area contributed by atoms with Gasteiger partial charge in [-0.1, -0.05) is 26.2 Å². The van der Waals surface area contributed by atoms with Gasteiger partial charge in [0.05, 0.1) is 24.8 Å². The first-order valence-corrected chi connectivity index (χ1v) is 14.9. The second kappa shape index (κ2) is 13.4. The highest BCUT2D eigenvalue weighted by Gasteiger charge is 2.34. The summed E-state index contributed by atoms with van der Waals surface area (Å²) in [7, 11) is 1.75. The summed E-state index contributed by atoms with van der Waals surface area (Å²) in [5.74, 6) is 1.04. The Morgan fingerprint density at radius 3 is 2.42 bits per heavy atom. The van der Waals surface area contributed by atoms with E-state index in [-0.39, 0.29) is 42.9 Å². The number of rotatable bonds is 7. The van der Waals surface area contributed by atoms with Crippen molar-refractivity contribution in [2.75, 3.05) is 44.2 Å². The molecule has 3 aliphatic rings. The zero-order valence-electron chi connectivity index (χ0n) is 24.9. The van der Waals surface area contributed by atoms with E-state index in [1.54, 1.807) is 60.2 Å². The highest BCUT2D eigenvalue weighted by Crippen LogP contribution is 2.34.